The zero-order valence-corrected chi connectivity index (χ0v) is 11.8. The molecule has 0 radical (unpaired) electrons. The molecule has 1 heterocycles. The monoisotopic (exact) mass is 261 g/mol. The fourth-order valence-corrected chi connectivity index (χ4v) is 2.75. The summed E-state index contributed by atoms with van der Waals surface area (Å²) in [7, 11) is 1.70. The smallest absolute Gasteiger partial charge is 0.119 e. The maximum atomic E-state index is 5.26. The molecule has 2 nitrogen and oxygen atoms in total. The van der Waals surface area contributed by atoms with Crippen LogP contribution < -0.4 is 10.1 Å². The molecule has 0 fully saturated rings. The molecular weight excluding hydrogens is 242 g/mol. The number of hydrogen-bond acceptors (Lipinski definition) is 3. The average Bonchev–Trinajstić information content (AvgIpc) is 2.92. The van der Waals surface area contributed by atoms with Crippen LogP contribution in [0.25, 0.3) is 0 Å². The van der Waals surface area contributed by atoms with Crippen molar-refractivity contribution in [1.29, 1.82) is 0 Å². The lowest BCUT2D eigenvalue weighted by molar-refractivity contribution is 0.412. The highest BCUT2D eigenvalue weighted by molar-refractivity contribution is 7.10. The van der Waals surface area contributed by atoms with Crippen molar-refractivity contribution in [3.63, 3.8) is 0 Å². The van der Waals surface area contributed by atoms with Crippen LogP contribution in [0.4, 0.5) is 0 Å². The average molecular weight is 261 g/mol. The molecule has 1 unspecified atom stereocenters. The van der Waals surface area contributed by atoms with E-state index in [9.17, 15) is 0 Å². The van der Waals surface area contributed by atoms with E-state index in [-0.39, 0.29) is 0 Å². The molecule has 0 saturated heterocycles. The van der Waals surface area contributed by atoms with Gasteiger partial charge in [0.25, 0.3) is 0 Å². The van der Waals surface area contributed by atoms with Gasteiger partial charge in [-0.15, -0.1) is 11.3 Å². The number of thiophene rings is 1. The largest absolute Gasteiger partial charge is 0.497 e. The summed E-state index contributed by atoms with van der Waals surface area (Å²) < 4.78 is 5.26. The predicted octanol–water partition coefficient (Wildman–Crippen LogP) is 4.17. The molecule has 3 heteroatoms. The lowest BCUT2D eigenvalue weighted by Gasteiger charge is -2.20. The molecule has 0 aliphatic carbocycles. The number of methoxy groups -OCH3 is 1. The van der Waals surface area contributed by atoms with E-state index in [1.807, 2.05) is 12.1 Å². The van der Waals surface area contributed by atoms with Gasteiger partial charge in [-0.1, -0.05) is 18.2 Å². The lowest BCUT2D eigenvalue weighted by Crippen LogP contribution is -2.21. The minimum atomic E-state index is 0.303. The zero-order valence-electron chi connectivity index (χ0n) is 11.0. The van der Waals surface area contributed by atoms with Crippen LogP contribution in [-0.2, 0) is 0 Å². The Hall–Kier alpha value is -1.32. The van der Waals surface area contributed by atoms with Crippen molar-refractivity contribution in [2.45, 2.75) is 25.9 Å². The molecule has 0 amide bonds. The molecule has 2 atom stereocenters. The first-order valence-electron chi connectivity index (χ1n) is 6.14. The van der Waals surface area contributed by atoms with Crippen LogP contribution in [0.3, 0.4) is 0 Å². The Morgan fingerprint density at radius 2 is 1.94 bits per heavy atom. The molecule has 0 aliphatic rings. The quantitative estimate of drug-likeness (QED) is 0.872. The van der Waals surface area contributed by atoms with Gasteiger partial charge in [0.1, 0.15) is 5.75 Å². The number of benzene rings is 1. The molecule has 18 heavy (non-hydrogen) atoms. The maximum Gasteiger partial charge on any atom is 0.119 e. The first-order valence-corrected chi connectivity index (χ1v) is 7.02. The third-order valence-electron chi connectivity index (χ3n) is 3.06. The van der Waals surface area contributed by atoms with Gasteiger partial charge in [-0.3, -0.25) is 0 Å². The molecule has 0 bridgehead atoms. The van der Waals surface area contributed by atoms with E-state index in [1.165, 1.54) is 10.4 Å². The van der Waals surface area contributed by atoms with Crippen LogP contribution in [0.2, 0.25) is 0 Å². The van der Waals surface area contributed by atoms with Crippen molar-refractivity contribution >= 4 is 11.3 Å². The van der Waals surface area contributed by atoms with Gasteiger partial charge >= 0.3 is 0 Å². The summed E-state index contributed by atoms with van der Waals surface area (Å²) in [5.41, 5.74) is 1.25. The Balaban J connectivity index is 2.04. The van der Waals surface area contributed by atoms with Crippen molar-refractivity contribution in [3.05, 3.63) is 52.2 Å². The Labute approximate surface area is 113 Å². The first kappa shape index (κ1) is 13.1. The van der Waals surface area contributed by atoms with Crippen molar-refractivity contribution in [2.24, 2.45) is 0 Å². The molecule has 2 rings (SSSR count). The van der Waals surface area contributed by atoms with Gasteiger partial charge in [0.2, 0.25) is 0 Å². The Bertz CT molecular complexity index is 481. The standard InChI is InChI=1S/C15H19NOS/c1-11(13-6-4-7-14(10-13)17-3)16-12(2)15-8-5-9-18-15/h4-12,16H,1-3H3/t11?,12-/m1/s1. The fraction of sp³-hybridized carbons (Fsp3) is 0.333. The molecule has 96 valence electrons. The van der Waals surface area contributed by atoms with Gasteiger partial charge < -0.3 is 10.1 Å². The third-order valence-corrected chi connectivity index (χ3v) is 4.12. The van der Waals surface area contributed by atoms with Crippen LogP contribution in [0.5, 0.6) is 5.75 Å². The summed E-state index contributed by atoms with van der Waals surface area (Å²) in [5, 5.41) is 5.72. The van der Waals surface area contributed by atoms with Crippen LogP contribution in [0.1, 0.15) is 36.4 Å². The van der Waals surface area contributed by atoms with Gasteiger partial charge in [0, 0.05) is 17.0 Å². The van der Waals surface area contributed by atoms with E-state index in [2.05, 4.69) is 48.8 Å². The second-order valence-electron chi connectivity index (χ2n) is 4.40. The summed E-state index contributed by atoms with van der Waals surface area (Å²) in [5.74, 6) is 0.907. The first-order chi connectivity index (χ1) is 8.70. The van der Waals surface area contributed by atoms with Crippen LogP contribution in [0.15, 0.2) is 41.8 Å². The molecular formula is C15H19NOS. The molecule has 1 aromatic heterocycles. The Morgan fingerprint density at radius 3 is 2.61 bits per heavy atom. The second kappa shape index (κ2) is 6.03. The summed E-state index contributed by atoms with van der Waals surface area (Å²) in [4.78, 5) is 1.37. The molecule has 0 spiro atoms. The van der Waals surface area contributed by atoms with Gasteiger partial charge in [0.15, 0.2) is 0 Å². The summed E-state index contributed by atoms with van der Waals surface area (Å²) in [6.45, 7) is 4.38. The van der Waals surface area contributed by atoms with E-state index < -0.39 is 0 Å². The minimum absolute atomic E-state index is 0.303. The molecule has 1 aromatic carbocycles. The summed E-state index contributed by atoms with van der Waals surface area (Å²) in [6.07, 6.45) is 0. The van der Waals surface area contributed by atoms with Crippen molar-refractivity contribution in [2.75, 3.05) is 7.11 Å². The zero-order chi connectivity index (χ0) is 13.0. The van der Waals surface area contributed by atoms with Crippen LogP contribution in [0, 0.1) is 0 Å². The second-order valence-corrected chi connectivity index (χ2v) is 5.38. The molecule has 2 aromatic rings. The van der Waals surface area contributed by atoms with Crippen molar-refractivity contribution < 1.29 is 4.74 Å². The van der Waals surface area contributed by atoms with Crippen molar-refractivity contribution in [1.82, 2.24) is 5.32 Å². The van der Waals surface area contributed by atoms with Gasteiger partial charge in [-0.05, 0) is 43.0 Å². The Morgan fingerprint density at radius 1 is 1.11 bits per heavy atom. The topological polar surface area (TPSA) is 21.3 Å². The van der Waals surface area contributed by atoms with Crippen LogP contribution >= 0.6 is 11.3 Å². The van der Waals surface area contributed by atoms with E-state index >= 15 is 0 Å². The predicted molar refractivity (Wildman–Crippen MR) is 77.3 cm³/mol. The number of hydrogen-bond donors (Lipinski definition) is 1. The van der Waals surface area contributed by atoms with Gasteiger partial charge in [0.05, 0.1) is 7.11 Å². The highest BCUT2D eigenvalue weighted by Gasteiger charge is 2.12. The van der Waals surface area contributed by atoms with E-state index in [0.29, 0.717) is 12.1 Å². The van der Waals surface area contributed by atoms with Gasteiger partial charge in [-0.25, -0.2) is 0 Å². The highest BCUT2D eigenvalue weighted by Crippen LogP contribution is 2.24. The van der Waals surface area contributed by atoms with Gasteiger partial charge in [-0.2, -0.15) is 0 Å². The van der Waals surface area contributed by atoms with Crippen LogP contribution in [-0.4, -0.2) is 7.11 Å². The van der Waals surface area contributed by atoms with E-state index in [1.54, 1.807) is 18.4 Å². The molecule has 0 aliphatic heterocycles. The third kappa shape index (κ3) is 3.12. The number of rotatable bonds is 5. The number of nitrogens with one attached hydrogen (secondary N) is 1. The Kier molecular flexibility index (Phi) is 4.39. The highest BCUT2D eigenvalue weighted by atomic mass is 32.1. The molecule has 1 N–H and O–H groups in total. The summed E-state index contributed by atoms with van der Waals surface area (Å²) in [6, 6.07) is 13.1. The van der Waals surface area contributed by atoms with Crippen molar-refractivity contribution in [3.8, 4) is 5.75 Å². The maximum absolute atomic E-state index is 5.26. The number of ether oxygens (including phenoxy) is 1. The lowest BCUT2D eigenvalue weighted by atomic mass is 10.1. The summed E-state index contributed by atoms with van der Waals surface area (Å²) >= 11 is 1.79. The SMILES string of the molecule is COc1cccc(C(C)N[C@H](C)c2cccs2)c1. The van der Waals surface area contributed by atoms with E-state index in [4.69, 9.17) is 4.74 Å². The molecule has 0 saturated carbocycles. The fourth-order valence-electron chi connectivity index (χ4n) is 2.00. The normalized spacial score (nSPS) is 14.2. The minimum Gasteiger partial charge on any atom is -0.497 e. The van der Waals surface area contributed by atoms with E-state index in [0.717, 1.165) is 5.75 Å².